The molecule has 4 heterocycles. The second-order valence-corrected chi connectivity index (χ2v) is 8.50. The number of ether oxygens (including phenoxy) is 1. The molecular weight excluding hydrogens is 450 g/mol. The number of benzene rings is 1. The van der Waals surface area contributed by atoms with Crippen molar-refractivity contribution in [2.45, 2.75) is 17.6 Å². The molecule has 5 rings (SSSR count). The maximum absolute atomic E-state index is 13.1. The molecule has 1 aromatic carbocycles. The minimum absolute atomic E-state index is 0.147. The molecular formula is C22H18ClN5O3S. The minimum atomic E-state index is -0.300. The third-order valence-electron chi connectivity index (χ3n) is 5.08. The van der Waals surface area contributed by atoms with Gasteiger partial charge in [-0.25, -0.2) is 15.0 Å². The monoisotopic (exact) mass is 467 g/mol. The number of halogens is 1. The first kappa shape index (κ1) is 20.6. The summed E-state index contributed by atoms with van der Waals surface area (Å²) in [6.45, 7) is 0. The predicted molar refractivity (Wildman–Crippen MR) is 122 cm³/mol. The molecule has 1 aliphatic rings. The van der Waals surface area contributed by atoms with Gasteiger partial charge >= 0.3 is 0 Å². The van der Waals surface area contributed by atoms with Gasteiger partial charge in [-0.3, -0.25) is 4.79 Å². The van der Waals surface area contributed by atoms with Gasteiger partial charge in [0.1, 0.15) is 17.6 Å². The molecule has 0 radical (unpaired) electrons. The lowest BCUT2D eigenvalue weighted by Gasteiger charge is -2.19. The summed E-state index contributed by atoms with van der Waals surface area (Å²) in [6.07, 6.45) is 3.70. The molecule has 1 N–H and O–H groups in total. The number of hydrogen-bond donors (Lipinski definition) is 1. The number of carbonyl (C=O) groups excluding carboxylic acids is 1. The number of hydrazone groups is 1. The van der Waals surface area contributed by atoms with Gasteiger partial charge < -0.3 is 14.1 Å². The number of carbonyl (C=O) groups is 1. The fourth-order valence-electron chi connectivity index (χ4n) is 3.52. The highest BCUT2D eigenvalue weighted by Gasteiger charge is 2.34. The topological polar surface area (TPSA) is 96.6 Å². The third kappa shape index (κ3) is 4.09. The average Bonchev–Trinajstić information content (AvgIpc) is 3.56. The minimum Gasteiger partial charge on any atom is -0.497 e. The Morgan fingerprint density at radius 3 is 2.94 bits per heavy atom. The SMILES string of the molecule is COc1ccc(C2=NN(C(=O)CSc3nc4ncc(Cl)cc4[nH]3)[C@@H](c3ccco3)C2)cc1. The zero-order valence-corrected chi connectivity index (χ0v) is 18.6. The van der Waals surface area contributed by atoms with Crippen LogP contribution < -0.4 is 4.74 Å². The first-order valence-electron chi connectivity index (χ1n) is 9.82. The van der Waals surface area contributed by atoms with Crippen molar-refractivity contribution in [3.8, 4) is 5.75 Å². The molecule has 0 saturated carbocycles. The number of furan rings is 1. The summed E-state index contributed by atoms with van der Waals surface area (Å²) in [5.74, 6) is 1.47. The molecule has 0 saturated heterocycles. The molecule has 4 aromatic rings. The van der Waals surface area contributed by atoms with Crippen LogP contribution >= 0.6 is 23.4 Å². The summed E-state index contributed by atoms with van der Waals surface area (Å²) in [4.78, 5) is 24.8. The van der Waals surface area contributed by atoms with Crippen LogP contribution in [0.1, 0.15) is 23.8 Å². The summed E-state index contributed by atoms with van der Waals surface area (Å²) < 4.78 is 10.8. The Labute approximate surface area is 192 Å². The van der Waals surface area contributed by atoms with E-state index in [9.17, 15) is 4.79 Å². The average molecular weight is 468 g/mol. The Morgan fingerprint density at radius 2 is 2.19 bits per heavy atom. The Hall–Kier alpha value is -3.30. The lowest BCUT2D eigenvalue weighted by atomic mass is 10.0. The molecule has 0 unspecified atom stereocenters. The van der Waals surface area contributed by atoms with E-state index in [1.807, 2.05) is 36.4 Å². The number of pyridine rings is 1. The van der Waals surface area contributed by atoms with Crippen molar-refractivity contribution in [2.75, 3.05) is 12.9 Å². The van der Waals surface area contributed by atoms with Gasteiger partial charge in [-0.05, 0) is 48.0 Å². The van der Waals surface area contributed by atoms with E-state index in [4.69, 9.17) is 20.8 Å². The van der Waals surface area contributed by atoms with Gasteiger partial charge in [0.15, 0.2) is 10.8 Å². The van der Waals surface area contributed by atoms with Crippen LogP contribution in [0.3, 0.4) is 0 Å². The summed E-state index contributed by atoms with van der Waals surface area (Å²) in [6, 6.07) is 12.7. The number of nitrogens with one attached hydrogen (secondary N) is 1. The molecule has 10 heteroatoms. The number of fused-ring (bicyclic) bond motifs is 1. The normalized spacial score (nSPS) is 15.9. The van der Waals surface area contributed by atoms with Crippen LogP contribution in [-0.4, -0.2) is 44.4 Å². The molecule has 0 aliphatic carbocycles. The molecule has 32 heavy (non-hydrogen) atoms. The van der Waals surface area contributed by atoms with E-state index >= 15 is 0 Å². The predicted octanol–water partition coefficient (Wildman–Crippen LogP) is 4.68. The van der Waals surface area contributed by atoms with E-state index in [0.29, 0.717) is 28.0 Å². The van der Waals surface area contributed by atoms with Gasteiger partial charge in [0.2, 0.25) is 0 Å². The third-order valence-corrected chi connectivity index (χ3v) is 6.14. The number of H-pyrrole nitrogens is 1. The van der Waals surface area contributed by atoms with Crippen LogP contribution in [0.25, 0.3) is 11.2 Å². The molecule has 0 spiro atoms. The quantitative estimate of drug-likeness (QED) is 0.413. The summed E-state index contributed by atoms with van der Waals surface area (Å²) in [5, 5.41) is 7.26. The molecule has 0 fully saturated rings. The molecule has 1 amide bonds. The second kappa shape index (κ2) is 8.68. The Bertz CT molecular complexity index is 1290. The Balaban J connectivity index is 1.36. The highest BCUT2D eigenvalue weighted by Crippen LogP contribution is 2.34. The number of methoxy groups -OCH3 is 1. The molecule has 162 valence electrons. The van der Waals surface area contributed by atoms with E-state index in [1.165, 1.54) is 23.0 Å². The first-order valence-corrected chi connectivity index (χ1v) is 11.2. The van der Waals surface area contributed by atoms with Crippen LogP contribution in [0.4, 0.5) is 0 Å². The van der Waals surface area contributed by atoms with Gasteiger partial charge in [-0.2, -0.15) is 5.10 Å². The number of nitrogens with zero attached hydrogens (tertiary/aromatic N) is 4. The Kier molecular flexibility index (Phi) is 5.59. The van der Waals surface area contributed by atoms with Crippen molar-refractivity contribution < 1.29 is 13.9 Å². The maximum atomic E-state index is 13.1. The first-order chi connectivity index (χ1) is 15.6. The lowest BCUT2D eigenvalue weighted by molar-refractivity contribution is -0.130. The van der Waals surface area contributed by atoms with E-state index in [0.717, 1.165) is 22.5 Å². The number of imidazole rings is 1. The second-order valence-electron chi connectivity index (χ2n) is 7.10. The van der Waals surface area contributed by atoms with Gasteiger partial charge in [0, 0.05) is 12.6 Å². The number of aromatic nitrogens is 3. The van der Waals surface area contributed by atoms with E-state index in [-0.39, 0.29) is 17.7 Å². The smallest absolute Gasteiger partial charge is 0.253 e. The highest BCUT2D eigenvalue weighted by atomic mass is 35.5. The fraction of sp³-hybridized carbons (Fsp3) is 0.182. The van der Waals surface area contributed by atoms with Crippen molar-refractivity contribution >= 4 is 46.1 Å². The molecule has 1 aliphatic heterocycles. The largest absolute Gasteiger partial charge is 0.497 e. The van der Waals surface area contributed by atoms with E-state index < -0.39 is 0 Å². The molecule has 8 nitrogen and oxygen atoms in total. The van der Waals surface area contributed by atoms with Crippen LogP contribution in [0.2, 0.25) is 5.02 Å². The summed E-state index contributed by atoms with van der Waals surface area (Å²) >= 11 is 7.27. The van der Waals surface area contributed by atoms with Gasteiger partial charge in [-0.15, -0.1) is 0 Å². The molecule has 1 atom stereocenters. The number of thioether (sulfide) groups is 1. The summed E-state index contributed by atoms with van der Waals surface area (Å²) in [7, 11) is 1.62. The van der Waals surface area contributed by atoms with Crippen LogP contribution in [-0.2, 0) is 4.79 Å². The number of rotatable bonds is 6. The number of amides is 1. The van der Waals surface area contributed by atoms with Crippen molar-refractivity contribution in [2.24, 2.45) is 5.10 Å². The molecule has 3 aromatic heterocycles. The number of aromatic amines is 1. The van der Waals surface area contributed by atoms with E-state index in [2.05, 4.69) is 20.1 Å². The van der Waals surface area contributed by atoms with Gasteiger partial charge in [0.05, 0.1) is 35.4 Å². The Morgan fingerprint density at radius 1 is 1.34 bits per heavy atom. The highest BCUT2D eigenvalue weighted by molar-refractivity contribution is 7.99. The number of hydrogen-bond acceptors (Lipinski definition) is 7. The zero-order valence-electron chi connectivity index (χ0n) is 17.0. The lowest BCUT2D eigenvalue weighted by Crippen LogP contribution is -2.28. The van der Waals surface area contributed by atoms with Crippen molar-refractivity contribution in [3.63, 3.8) is 0 Å². The maximum Gasteiger partial charge on any atom is 0.253 e. The van der Waals surface area contributed by atoms with Crippen molar-refractivity contribution in [1.82, 2.24) is 20.0 Å². The fourth-order valence-corrected chi connectivity index (χ4v) is 4.40. The van der Waals surface area contributed by atoms with Gasteiger partial charge in [0.25, 0.3) is 5.91 Å². The van der Waals surface area contributed by atoms with E-state index in [1.54, 1.807) is 19.4 Å². The summed E-state index contributed by atoms with van der Waals surface area (Å²) in [5.41, 5.74) is 3.03. The van der Waals surface area contributed by atoms with Crippen LogP contribution in [0.15, 0.2) is 69.6 Å². The van der Waals surface area contributed by atoms with Crippen LogP contribution in [0.5, 0.6) is 5.75 Å². The van der Waals surface area contributed by atoms with Crippen molar-refractivity contribution in [1.29, 1.82) is 0 Å². The van der Waals surface area contributed by atoms with Crippen LogP contribution in [0, 0.1) is 0 Å². The molecule has 0 bridgehead atoms. The standard InChI is InChI=1S/C22H18ClN5O3S/c1-30-15-6-4-13(5-7-15)16-10-18(19-3-2-8-31-19)28(27-16)20(29)12-32-22-25-17-9-14(23)11-24-21(17)26-22/h2-9,11,18H,10,12H2,1H3,(H,24,25,26)/t18-/m1/s1. The van der Waals surface area contributed by atoms with Gasteiger partial charge in [-0.1, -0.05) is 23.4 Å². The van der Waals surface area contributed by atoms with Crippen molar-refractivity contribution in [3.05, 3.63) is 71.3 Å². The zero-order chi connectivity index (χ0) is 22.1.